The number of rotatable bonds is 24. The van der Waals surface area contributed by atoms with Crippen LogP contribution in [-0.2, 0) is 16.1 Å². The van der Waals surface area contributed by atoms with Gasteiger partial charge in [0.1, 0.15) is 6.54 Å². The Bertz CT molecular complexity index is 1830. The number of benzene rings is 2. The molecule has 3 aromatic rings. The third-order valence-corrected chi connectivity index (χ3v) is 12.2. The van der Waals surface area contributed by atoms with Crippen molar-refractivity contribution >= 4 is 63.0 Å². The summed E-state index contributed by atoms with van der Waals surface area (Å²) in [6.45, 7) is 17.8. The molecule has 8 nitrogen and oxygen atoms in total. The minimum Gasteiger partial charge on any atom is -0.389 e. The molecule has 3 rings (SSSR count). The topological polar surface area (TPSA) is 63.0 Å². The van der Waals surface area contributed by atoms with Gasteiger partial charge in [-0.1, -0.05) is 83.2 Å². The van der Waals surface area contributed by atoms with Crippen LogP contribution in [0, 0.1) is 13.8 Å². The maximum atomic E-state index is 12.8. The SMILES string of the molecule is CC/C=C(\C=C(\C)NCC)/C=C/c1ccc(N(C)CCCN(C)C(=O)CSSCC(=O)N(C)CCCN(C)c2ccc(/C=C/c3cc(C)[n+](CC)c(C)c3)cc2)cc1. The van der Waals surface area contributed by atoms with Crippen molar-refractivity contribution in [2.75, 3.05) is 82.2 Å². The maximum Gasteiger partial charge on any atom is 0.233 e. The molecule has 0 bridgehead atoms. The van der Waals surface area contributed by atoms with Gasteiger partial charge >= 0.3 is 0 Å². The van der Waals surface area contributed by atoms with E-state index in [1.807, 2.05) is 14.1 Å². The van der Waals surface area contributed by atoms with Crippen molar-refractivity contribution in [3.8, 4) is 0 Å². The van der Waals surface area contributed by atoms with E-state index in [0.29, 0.717) is 24.6 Å². The van der Waals surface area contributed by atoms with E-state index in [4.69, 9.17) is 0 Å². The van der Waals surface area contributed by atoms with Crippen molar-refractivity contribution in [1.82, 2.24) is 15.1 Å². The van der Waals surface area contributed by atoms with E-state index < -0.39 is 0 Å². The van der Waals surface area contributed by atoms with Crippen LogP contribution < -0.4 is 19.7 Å². The van der Waals surface area contributed by atoms with Crippen molar-refractivity contribution in [3.63, 3.8) is 0 Å². The highest BCUT2D eigenvalue weighted by Crippen LogP contribution is 2.22. The van der Waals surface area contributed by atoms with Crippen LogP contribution in [0.25, 0.3) is 18.2 Å². The standard InChI is InChI=1S/C48H69N6O2S2/c1-11-16-43(33-38(4)49-12-2)19-17-41-21-25-45(26-22-41)50(7)29-14-31-52(9)47(55)36-57-58-37-48(56)53(10)32-15-30-51(8)46-27-23-42(24-28-46)18-20-44-34-39(5)54(13-3)40(6)35-44/h16-28,33-35,49H,11-15,29-32,36-37H2,1-10H3/q+1/b19-17+,38-33-,43-16-. The monoisotopic (exact) mass is 825 g/mol. The summed E-state index contributed by atoms with van der Waals surface area (Å²) in [5.74, 6) is 0.879. The summed E-state index contributed by atoms with van der Waals surface area (Å²) in [6.07, 6.45) is 15.8. The molecule has 0 saturated heterocycles. The zero-order valence-corrected chi connectivity index (χ0v) is 38.5. The molecule has 1 heterocycles. The second-order valence-electron chi connectivity index (χ2n) is 14.8. The Morgan fingerprint density at radius 1 is 0.672 bits per heavy atom. The smallest absolute Gasteiger partial charge is 0.233 e. The lowest BCUT2D eigenvalue weighted by Gasteiger charge is -2.22. The molecule has 314 valence electrons. The number of aryl methyl sites for hydroxylation is 2. The van der Waals surface area contributed by atoms with Crippen LogP contribution in [0.15, 0.2) is 90.2 Å². The fraction of sp³-hybridized carbons (Fsp3) is 0.438. The number of nitrogens with zero attached hydrogens (tertiary/aromatic N) is 5. The summed E-state index contributed by atoms with van der Waals surface area (Å²) in [4.78, 5) is 33.6. The van der Waals surface area contributed by atoms with Crippen LogP contribution in [-0.4, -0.2) is 94.0 Å². The van der Waals surface area contributed by atoms with E-state index in [1.165, 1.54) is 44.1 Å². The molecule has 10 heteroatoms. The quantitative estimate of drug-likeness (QED) is 0.0419. The average Bonchev–Trinajstić information content (AvgIpc) is 3.20. The largest absolute Gasteiger partial charge is 0.389 e. The fourth-order valence-electron chi connectivity index (χ4n) is 6.61. The molecule has 0 unspecified atom stereocenters. The molecule has 1 aromatic heterocycles. The predicted octanol–water partition coefficient (Wildman–Crippen LogP) is 9.30. The number of hydrogen-bond donors (Lipinski definition) is 1. The van der Waals surface area contributed by atoms with E-state index in [2.05, 4.69) is 172 Å². The van der Waals surface area contributed by atoms with Gasteiger partial charge < -0.3 is 24.9 Å². The third-order valence-electron chi connectivity index (χ3n) is 10.1. The molecule has 0 fully saturated rings. The minimum absolute atomic E-state index is 0.0854. The zero-order valence-electron chi connectivity index (χ0n) is 36.9. The molecule has 58 heavy (non-hydrogen) atoms. The highest BCUT2D eigenvalue weighted by atomic mass is 33.1. The highest BCUT2D eigenvalue weighted by molar-refractivity contribution is 8.77. The number of hydrogen-bond acceptors (Lipinski definition) is 7. The minimum atomic E-state index is 0.0854. The van der Waals surface area contributed by atoms with Crippen LogP contribution in [0.1, 0.15) is 75.0 Å². The van der Waals surface area contributed by atoms with Crippen molar-refractivity contribution in [2.24, 2.45) is 0 Å². The molecule has 2 aromatic carbocycles. The number of amides is 2. The van der Waals surface area contributed by atoms with Gasteiger partial charge in [-0.15, -0.1) is 0 Å². The second kappa shape index (κ2) is 25.8. The van der Waals surface area contributed by atoms with Crippen LogP contribution in [0.5, 0.6) is 0 Å². The molecule has 2 amide bonds. The van der Waals surface area contributed by atoms with Gasteiger partial charge in [-0.05, 0) is 92.6 Å². The molecular formula is C48H69N6O2S2+. The summed E-state index contributed by atoms with van der Waals surface area (Å²) in [5.41, 5.74) is 10.7. The number of anilines is 2. The summed E-state index contributed by atoms with van der Waals surface area (Å²) in [5, 5.41) is 3.36. The summed E-state index contributed by atoms with van der Waals surface area (Å²) >= 11 is 0. The normalized spacial score (nSPS) is 12.0. The molecule has 0 radical (unpaired) electrons. The lowest BCUT2D eigenvalue weighted by Crippen LogP contribution is -2.39. The number of nitrogens with one attached hydrogen (secondary N) is 1. The molecule has 0 aliphatic rings. The van der Waals surface area contributed by atoms with Crippen LogP contribution in [0.2, 0.25) is 0 Å². The molecule has 0 spiro atoms. The number of pyridine rings is 1. The highest BCUT2D eigenvalue weighted by Gasteiger charge is 2.13. The summed E-state index contributed by atoms with van der Waals surface area (Å²) in [7, 11) is 10.8. The lowest BCUT2D eigenvalue weighted by atomic mass is 10.1. The zero-order chi connectivity index (χ0) is 42.5. The number of carbonyl (C=O) groups excluding carboxylic acids is 2. The molecule has 0 atom stereocenters. The molecule has 0 aliphatic heterocycles. The molecule has 0 aliphatic carbocycles. The van der Waals surface area contributed by atoms with Crippen molar-refractivity contribution < 1.29 is 14.2 Å². The molecule has 0 saturated carbocycles. The van der Waals surface area contributed by atoms with Gasteiger partial charge in [-0.3, -0.25) is 9.59 Å². The van der Waals surface area contributed by atoms with Gasteiger partial charge in [-0.25, -0.2) is 4.57 Å². The van der Waals surface area contributed by atoms with E-state index in [9.17, 15) is 9.59 Å². The predicted molar refractivity (Wildman–Crippen MR) is 254 cm³/mol. The average molecular weight is 826 g/mol. The maximum absolute atomic E-state index is 12.8. The van der Waals surface area contributed by atoms with Gasteiger partial charge in [0.15, 0.2) is 11.4 Å². The lowest BCUT2D eigenvalue weighted by molar-refractivity contribution is -0.705. The van der Waals surface area contributed by atoms with E-state index in [1.54, 1.807) is 9.80 Å². The van der Waals surface area contributed by atoms with E-state index in [-0.39, 0.29) is 11.8 Å². The molecule has 1 N–H and O–H groups in total. The van der Waals surface area contributed by atoms with E-state index >= 15 is 0 Å². The first-order chi connectivity index (χ1) is 27.8. The van der Waals surface area contributed by atoms with Crippen molar-refractivity contribution in [1.29, 1.82) is 0 Å². The van der Waals surface area contributed by atoms with Crippen LogP contribution >= 0.6 is 21.6 Å². The first-order valence-electron chi connectivity index (χ1n) is 20.7. The summed E-state index contributed by atoms with van der Waals surface area (Å²) in [6, 6.07) is 21.6. The van der Waals surface area contributed by atoms with Crippen LogP contribution in [0.4, 0.5) is 11.4 Å². The first kappa shape index (κ1) is 48.0. The Hall–Kier alpha value is -4.41. The Labute approximate surface area is 358 Å². The van der Waals surface area contributed by atoms with Crippen molar-refractivity contribution in [3.05, 3.63) is 118 Å². The van der Waals surface area contributed by atoms with Gasteiger partial charge in [0, 0.05) is 104 Å². The number of carbonyl (C=O) groups is 2. The summed E-state index contributed by atoms with van der Waals surface area (Å²) < 4.78 is 2.31. The Kier molecular flexibility index (Phi) is 21.4. The Balaban J connectivity index is 1.30. The number of allylic oxidation sites excluding steroid dienone is 5. The van der Waals surface area contributed by atoms with Gasteiger partial charge in [0.25, 0.3) is 0 Å². The fourth-order valence-corrected chi connectivity index (χ4v) is 8.52. The van der Waals surface area contributed by atoms with E-state index in [0.717, 1.165) is 73.6 Å². The second-order valence-corrected chi connectivity index (χ2v) is 17.3. The Morgan fingerprint density at radius 2 is 1.14 bits per heavy atom. The Morgan fingerprint density at radius 3 is 1.59 bits per heavy atom. The molecular weight excluding hydrogens is 757 g/mol. The van der Waals surface area contributed by atoms with Gasteiger partial charge in [0.2, 0.25) is 11.8 Å². The van der Waals surface area contributed by atoms with Gasteiger partial charge in [0.05, 0.1) is 11.5 Å². The van der Waals surface area contributed by atoms with Crippen LogP contribution in [0.3, 0.4) is 0 Å². The number of aromatic nitrogens is 1. The third kappa shape index (κ3) is 16.8. The first-order valence-corrected chi connectivity index (χ1v) is 23.2. The van der Waals surface area contributed by atoms with Crippen molar-refractivity contribution in [2.45, 2.75) is 67.3 Å². The van der Waals surface area contributed by atoms with Gasteiger partial charge in [-0.2, -0.15) is 0 Å².